The van der Waals surface area contributed by atoms with E-state index in [1.807, 2.05) is 11.6 Å². The number of nitrogens with zero attached hydrogens (tertiary/aromatic N) is 4. The van der Waals surface area contributed by atoms with Crippen molar-refractivity contribution in [2.24, 2.45) is 7.05 Å². The number of nitrogens with one attached hydrogen (secondary N) is 1. The topological polar surface area (TPSA) is 55.6 Å². The maximum Gasteiger partial charge on any atom is 0.416 e. The second kappa shape index (κ2) is 7.59. The maximum absolute atomic E-state index is 13.3. The number of aromatic nitrogens is 4. The van der Waals surface area contributed by atoms with Crippen molar-refractivity contribution in [1.82, 2.24) is 24.8 Å². The predicted octanol–water partition coefficient (Wildman–Crippen LogP) is 4.34. The Morgan fingerprint density at radius 3 is 2.55 bits per heavy atom. The van der Waals surface area contributed by atoms with Crippen LogP contribution in [0.15, 0.2) is 36.5 Å². The lowest BCUT2D eigenvalue weighted by Crippen LogP contribution is -2.27. The molecule has 1 N–H and O–H groups in total. The SMILES string of the molecule is Cc1nccc(-c2c(-c3cccc(C(F)(F)F)c3)nc(C3CCNCC3)n2C)n1. The fourth-order valence-electron chi connectivity index (χ4n) is 3.89. The van der Waals surface area contributed by atoms with Crippen molar-refractivity contribution < 1.29 is 13.2 Å². The van der Waals surface area contributed by atoms with Crippen molar-refractivity contribution in [3.8, 4) is 22.6 Å². The van der Waals surface area contributed by atoms with Gasteiger partial charge in [-0.2, -0.15) is 13.2 Å². The molecule has 0 atom stereocenters. The Morgan fingerprint density at radius 2 is 1.86 bits per heavy atom. The third-order valence-corrected chi connectivity index (χ3v) is 5.32. The Kier molecular flexibility index (Phi) is 5.12. The molecule has 4 rings (SSSR count). The summed E-state index contributed by atoms with van der Waals surface area (Å²) in [6.45, 7) is 3.59. The van der Waals surface area contributed by atoms with E-state index < -0.39 is 11.7 Å². The lowest BCUT2D eigenvalue weighted by atomic mass is 9.97. The number of benzene rings is 1. The molecule has 0 radical (unpaired) electrons. The Bertz CT molecular complexity index is 1020. The molecule has 152 valence electrons. The van der Waals surface area contributed by atoms with Gasteiger partial charge in [0.25, 0.3) is 0 Å². The summed E-state index contributed by atoms with van der Waals surface area (Å²) < 4.78 is 41.8. The molecule has 3 aromatic rings. The molecule has 0 bridgehead atoms. The van der Waals surface area contributed by atoms with Gasteiger partial charge in [-0.25, -0.2) is 15.0 Å². The third kappa shape index (κ3) is 3.89. The average Bonchev–Trinajstić information content (AvgIpc) is 3.05. The van der Waals surface area contributed by atoms with Gasteiger partial charge in [-0.15, -0.1) is 0 Å². The smallest absolute Gasteiger partial charge is 0.329 e. The number of rotatable bonds is 3. The van der Waals surface area contributed by atoms with Gasteiger partial charge in [0.2, 0.25) is 0 Å². The second-order valence-electron chi connectivity index (χ2n) is 7.32. The largest absolute Gasteiger partial charge is 0.416 e. The molecule has 0 unspecified atom stereocenters. The van der Waals surface area contributed by atoms with Crippen LogP contribution in [0.5, 0.6) is 0 Å². The molecule has 0 spiro atoms. The first kappa shape index (κ1) is 19.6. The molecule has 1 aliphatic rings. The minimum atomic E-state index is -4.41. The molecule has 0 saturated carbocycles. The van der Waals surface area contributed by atoms with E-state index in [0.717, 1.165) is 43.9 Å². The highest BCUT2D eigenvalue weighted by Gasteiger charge is 2.32. The van der Waals surface area contributed by atoms with Crippen LogP contribution in [-0.2, 0) is 13.2 Å². The molecular formula is C21H22F3N5. The van der Waals surface area contributed by atoms with E-state index in [4.69, 9.17) is 4.98 Å². The fourth-order valence-corrected chi connectivity index (χ4v) is 3.89. The highest BCUT2D eigenvalue weighted by atomic mass is 19.4. The summed E-state index contributed by atoms with van der Waals surface area (Å²) in [5.41, 5.74) is 1.63. The Labute approximate surface area is 167 Å². The highest BCUT2D eigenvalue weighted by Crippen LogP contribution is 2.38. The van der Waals surface area contributed by atoms with Crippen molar-refractivity contribution >= 4 is 0 Å². The number of hydrogen-bond acceptors (Lipinski definition) is 4. The van der Waals surface area contributed by atoms with Crippen molar-refractivity contribution in [2.75, 3.05) is 13.1 Å². The van der Waals surface area contributed by atoms with Crippen LogP contribution >= 0.6 is 0 Å². The molecule has 1 fully saturated rings. The van der Waals surface area contributed by atoms with E-state index in [2.05, 4.69) is 15.3 Å². The summed E-state index contributed by atoms with van der Waals surface area (Å²) in [7, 11) is 1.91. The Morgan fingerprint density at radius 1 is 1.10 bits per heavy atom. The number of halogens is 3. The third-order valence-electron chi connectivity index (χ3n) is 5.32. The first-order valence-corrected chi connectivity index (χ1v) is 9.59. The quantitative estimate of drug-likeness (QED) is 0.710. The minimum absolute atomic E-state index is 0.252. The van der Waals surface area contributed by atoms with Crippen LogP contribution in [0, 0.1) is 6.92 Å². The molecular weight excluding hydrogens is 379 g/mol. The van der Waals surface area contributed by atoms with Crippen molar-refractivity contribution in [3.05, 3.63) is 53.7 Å². The number of piperidine rings is 1. The number of hydrogen-bond donors (Lipinski definition) is 1. The molecule has 1 saturated heterocycles. The minimum Gasteiger partial charge on any atom is -0.329 e. The predicted molar refractivity (Wildman–Crippen MR) is 104 cm³/mol. The van der Waals surface area contributed by atoms with E-state index in [9.17, 15) is 13.2 Å². The summed E-state index contributed by atoms with van der Waals surface area (Å²) in [5.74, 6) is 1.73. The van der Waals surface area contributed by atoms with Gasteiger partial charge in [-0.3, -0.25) is 0 Å². The fraction of sp³-hybridized carbons (Fsp3) is 0.381. The zero-order valence-electron chi connectivity index (χ0n) is 16.3. The summed E-state index contributed by atoms with van der Waals surface area (Å²) in [4.78, 5) is 13.5. The average molecular weight is 401 g/mol. The van der Waals surface area contributed by atoms with Gasteiger partial charge in [-0.05, 0) is 51.1 Å². The monoisotopic (exact) mass is 401 g/mol. The molecule has 8 heteroatoms. The zero-order valence-corrected chi connectivity index (χ0v) is 16.3. The standard InChI is InChI=1S/C21H22F3N5/c1-13-26-11-8-17(27-13)19-18(15-4-3-5-16(12-15)21(22,23)24)28-20(29(19)2)14-6-9-25-10-7-14/h3-5,8,11-12,14,25H,6-7,9-10H2,1-2H3. The van der Waals surface area contributed by atoms with Gasteiger partial charge >= 0.3 is 6.18 Å². The number of aryl methyl sites for hydroxylation is 1. The van der Waals surface area contributed by atoms with Crippen molar-refractivity contribution in [2.45, 2.75) is 31.9 Å². The summed E-state index contributed by atoms with van der Waals surface area (Å²) in [6.07, 6.45) is -0.872. The highest BCUT2D eigenvalue weighted by molar-refractivity contribution is 5.77. The van der Waals surface area contributed by atoms with Crippen LogP contribution in [0.1, 0.15) is 36.0 Å². The first-order chi connectivity index (χ1) is 13.8. The molecule has 0 amide bonds. The van der Waals surface area contributed by atoms with Crippen LogP contribution in [-0.4, -0.2) is 32.6 Å². The van der Waals surface area contributed by atoms with Gasteiger partial charge in [0.1, 0.15) is 11.6 Å². The van der Waals surface area contributed by atoms with Gasteiger partial charge in [-0.1, -0.05) is 12.1 Å². The summed E-state index contributed by atoms with van der Waals surface area (Å²) in [6, 6.07) is 7.10. The maximum atomic E-state index is 13.3. The molecule has 1 aromatic carbocycles. The van der Waals surface area contributed by atoms with E-state index >= 15 is 0 Å². The molecule has 5 nitrogen and oxygen atoms in total. The lowest BCUT2D eigenvalue weighted by molar-refractivity contribution is -0.137. The van der Waals surface area contributed by atoms with Crippen LogP contribution in [0.2, 0.25) is 0 Å². The number of alkyl halides is 3. The molecule has 29 heavy (non-hydrogen) atoms. The van der Waals surface area contributed by atoms with Gasteiger partial charge in [0.05, 0.1) is 22.6 Å². The number of imidazole rings is 1. The summed E-state index contributed by atoms with van der Waals surface area (Å²) in [5, 5.41) is 3.34. The van der Waals surface area contributed by atoms with E-state index in [0.29, 0.717) is 28.5 Å². The van der Waals surface area contributed by atoms with Gasteiger partial charge in [0, 0.05) is 24.7 Å². The molecule has 1 aliphatic heterocycles. The van der Waals surface area contributed by atoms with Gasteiger partial charge in [0.15, 0.2) is 0 Å². The molecule has 3 heterocycles. The van der Waals surface area contributed by atoms with Gasteiger partial charge < -0.3 is 9.88 Å². The Balaban J connectivity index is 1.90. The first-order valence-electron chi connectivity index (χ1n) is 9.59. The van der Waals surface area contributed by atoms with E-state index in [-0.39, 0.29) is 5.92 Å². The summed E-state index contributed by atoms with van der Waals surface area (Å²) >= 11 is 0. The Hall–Kier alpha value is -2.74. The zero-order chi connectivity index (χ0) is 20.6. The van der Waals surface area contributed by atoms with Crippen LogP contribution in [0.3, 0.4) is 0 Å². The van der Waals surface area contributed by atoms with Crippen molar-refractivity contribution in [3.63, 3.8) is 0 Å². The van der Waals surface area contributed by atoms with Crippen LogP contribution in [0.4, 0.5) is 13.2 Å². The van der Waals surface area contributed by atoms with Crippen LogP contribution < -0.4 is 5.32 Å². The van der Waals surface area contributed by atoms with Crippen molar-refractivity contribution in [1.29, 1.82) is 0 Å². The van der Waals surface area contributed by atoms with E-state index in [1.165, 1.54) is 6.07 Å². The lowest BCUT2D eigenvalue weighted by Gasteiger charge is -2.22. The normalized spacial score (nSPS) is 15.6. The molecule has 2 aromatic heterocycles. The van der Waals surface area contributed by atoms with Crippen LogP contribution in [0.25, 0.3) is 22.6 Å². The second-order valence-corrected chi connectivity index (χ2v) is 7.32. The van der Waals surface area contributed by atoms with E-state index in [1.54, 1.807) is 25.3 Å². The molecule has 0 aliphatic carbocycles.